The Hall–Kier alpha value is -2.37. The molecule has 0 radical (unpaired) electrons. The van der Waals surface area contributed by atoms with Crippen LogP contribution in [0, 0.1) is 0 Å². The first-order valence-corrected chi connectivity index (χ1v) is 9.74. The van der Waals surface area contributed by atoms with Gasteiger partial charge in [0.1, 0.15) is 11.4 Å². The average Bonchev–Trinajstić information content (AvgIpc) is 2.59. The summed E-state index contributed by atoms with van der Waals surface area (Å²) >= 11 is 0.833. The molecule has 0 aliphatic carbocycles. The summed E-state index contributed by atoms with van der Waals surface area (Å²) in [5.74, 6) is -2.30. The number of nitrogens with zero attached hydrogens (tertiary/aromatic N) is 1. The second kappa shape index (κ2) is 6.74. The van der Waals surface area contributed by atoms with Gasteiger partial charge < -0.3 is 15.3 Å². The maximum atomic E-state index is 12.4. The number of amides is 2. The van der Waals surface area contributed by atoms with Crippen molar-refractivity contribution in [1.82, 2.24) is 10.2 Å². The van der Waals surface area contributed by atoms with E-state index in [2.05, 4.69) is 5.32 Å². The first-order chi connectivity index (χ1) is 12.2. The molecule has 0 saturated carbocycles. The standard InChI is InChI=1S/C15H14N2O7S2/c1-8(18)16-11-12(19)17-7-10(14(20)21)15(25-13(11)17)24-26(22,23)9-5-3-2-4-6-9/h2-7,11,13,15H,1H3,(H,16,18)(H,20,21)/t11?,13-,15?/m1/s1. The van der Waals surface area contributed by atoms with Crippen molar-refractivity contribution in [2.75, 3.05) is 0 Å². The number of fused-ring (bicyclic) bond motifs is 1. The molecule has 1 aromatic carbocycles. The highest BCUT2D eigenvalue weighted by molar-refractivity contribution is 8.01. The number of carboxylic acid groups (broad SMARTS) is 1. The molecule has 2 unspecified atom stereocenters. The highest BCUT2D eigenvalue weighted by atomic mass is 32.2. The normalized spacial score (nSPS) is 25.0. The van der Waals surface area contributed by atoms with E-state index in [1.165, 1.54) is 31.2 Å². The molecule has 2 aliphatic rings. The molecule has 11 heteroatoms. The zero-order valence-electron chi connectivity index (χ0n) is 13.4. The lowest BCUT2D eigenvalue weighted by atomic mass is 10.1. The van der Waals surface area contributed by atoms with E-state index >= 15 is 0 Å². The van der Waals surface area contributed by atoms with Crippen molar-refractivity contribution in [3.05, 3.63) is 42.1 Å². The van der Waals surface area contributed by atoms with Gasteiger partial charge >= 0.3 is 5.97 Å². The molecule has 2 aliphatic heterocycles. The maximum absolute atomic E-state index is 12.4. The molecule has 0 spiro atoms. The third-order valence-electron chi connectivity index (χ3n) is 3.73. The number of benzene rings is 1. The van der Waals surface area contributed by atoms with Crippen molar-refractivity contribution in [3.63, 3.8) is 0 Å². The second-order valence-corrected chi connectivity index (χ2v) is 8.29. The van der Waals surface area contributed by atoms with Gasteiger partial charge in [0.15, 0.2) is 5.44 Å². The van der Waals surface area contributed by atoms with Crippen molar-refractivity contribution >= 4 is 39.7 Å². The van der Waals surface area contributed by atoms with Crippen LogP contribution in [0.4, 0.5) is 0 Å². The van der Waals surface area contributed by atoms with E-state index < -0.39 is 44.8 Å². The summed E-state index contributed by atoms with van der Waals surface area (Å²) in [6.07, 6.45) is 1.05. The van der Waals surface area contributed by atoms with Crippen molar-refractivity contribution in [2.24, 2.45) is 0 Å². The van der Waals surface area contributed by atoms with Gasteiger partial charge in [-0.3, -0.25) is 9.59 Å². The predicted octanol–water partition coefficient (Wildman–Crippen LogP) is 0.106. The van der Waals surface area contributed by atoms with Crippen molar-refractivity contribution in [1.29, 1.82) is 0 Å². The Labute approximate surface area is 153 Å². The number of aliphatic carboxylic acids is 1. The average molecular weight is 398 g/mol. The van der Waals surface area contributed by atoms with Crippen LogP contribution in [0.15, 0.2) is 47.0 Å². The van der Waals surface area contributed by atoms with E-state index in [1.54, 1.807) is 6.07 Å². The number of nitrogens with one attached hydrogen (secondary N) is 1. The van der Waals surface area contributed by atoms with Crippen LogP contribution in [0.3, 0.4) is 0 Å². The molecule has 3 atom stereocenters. The monoisotopic (exact) mass is 398 g/mol. The van der Waals surface area contributed by atoms with E-state index in [0.29, 0.717) is 0 Å². The molecule has 1 saturated heterocycles. The minimum atomic E-state index is -4.21. The lowest BCUT2D eigenvalue weighted by molar-refractivity contribution is -0.145. The van der Waals surface area contributed by atoms with Gasteiger partial charge in [-0.25, -0.2) is 8.98 Å². The van der Waals surface area contributed by atoms with Crippen LogP contribution >= 0.6 is 11.8 Å². The smallest absolute Gasteiger partial charge is 0.336 e. The number of β-lactam (4-membered cyclic amide) rings is 1. The summed E-state index contributed by atoms with van der Waals surface area (Å²) in [5.41, 5.74) is -1.73. The van der Waals surface area contributed by atoms with Crippen molar-refractivity contribution in [2.45, 2.75) is 28.7 Å². The number of carboxylic acids is 1. The van der Waals surface area contributed by atoms with E-state index in [1.807, 2.05) is 0 Å². The molecule has 138 valence electrons. The van der Waals surface area contributed by atoms with Gasteiger partial charge in [0.25, 0.3) is 16.0 Å². The Morgan fingerprint density at radius 1 is 1.27 bits per heavy atom. The first-order valence-electron chi connectivity index (χ1n) is 7.39. The Morgan fingerprint density at radius 2 is 1.92 bits per heavy atom. The minimum absolute atomic E-state index is 0.115. The number of carbonyl (C=O) groups is 3. The van der Waals surface area contributed by atoms with Gasteiger partial charge in [-0.1, -0.05) is 30.0 Å². The van der Waals surface area contributed by atoms with E-state index in [4.69, 9.17) is 4.18 Å². The molecule has 2 N–H and O–H groups in total. The number of thioether (sulfide) groups is 1. The topological polar surface area (TPSA) is 130 Å². The van der Waals surface area contributed by atoms with Gasteiger partial charge in [0.2, 0.25) is 5.91 Å². The lowest BCUT2D eigenvalue weighted by Gasteiger charge is -2.48. The highest BCUT2D eigenvalue weighted by Gasteiger charge is 2.53. The third-order valence-corrected chi connectivity index (χ3v) is 6.52. The third kappa shape index (κ3) is 3.32. The van der Waals surface area contributed by atoms with Gasteiger partial charge in [0.05, 0.1) is 10.5 Å². The summed E-state index contributed by atoms with van der Waals surface area (Å²) in [5, 5.41) is 11.1. The Morgan fingerprint density at radius 3 is 2.50 bits per heavy atom. The molecule has 1 fully saturated rings. The van der Waals surface area contributed by atoms with Crippen LogP contribution in [-0.2, 0) is 28.7 Å². The summed E-state index contributed by atoms with van der Waals surface area (Å²) in [6.45, 7) is 1.25. The van der Waals surface area contributed by atoms with Crippen molar-refractivity contribution in [3.8, 4) is 0 Å². The molecule has 26 heavy (non-hydrogen) atoms. The summed E-state index contributed by atoms with van der Waals surface area (Å²) < 4.78 is 29.9. The first kappa shape index (κ1) is 18.4. The quantitative estimate of drug-likeness (QED) is 0.528. The van der Waals surface area contributed by atoms with Crippen LogP contribution in [0.1, 0.15) is 6.92 Å². The number of hydrogen-bond donors (Lipinski definition) is 2. The summed E-state index contributed by atoms with van der Waals surface area (Å²) in [6, 6.07) is 6.44. The van der Waals surface area contributed by atoms with Crippen LogP contribution in [-0.4, -0.2) is 53.1 Å². The molecule has 3 rings (SSSR count). The zero-order chi connectivity index (χ0) is 19.1. The van der Waals surface area contributed by atoms with Gasteiger partial charge in [-0.05, 0) is 12.1 Å². The molecule has 0 aromatic heterocycles. The molecule has 2 amide bonds. The van der Waals surface area contributed by atoms with E-state index in [0.717, 1.165) is 22.9 Å². The Kier molecular flexibility index (Phi) is 4.78. The van der Waals surface area contributed by atoms with E-state index in [9.17, 15) is 27.9 Å². The van der Waals surface area contributed by atoms with Crippen LogP contribution in [0.2, 0.25) is 0 Å². The predicted molar refractivity (Wildman–Crippen MR) is 90.0 cm³/mol. The minimum Gasteiger partial charge on any atom is -0.478 e. The molecular formula is C15H14N2O7S2. The van der Waals surface area contributed by atoms with Crippen LogP contribution in [0.5, 0.6) is 0 Å². The largest absolute Gasteiger partial charge is 0.478 e. The fraction of sp³-hybridized carbons (Fsp3) is 0.267. The Bertz CT molecular complexity index is 898. The zero-order valence-corrected chi connectivity index (χ0v) is 15.0. The van der Waals surface area contributed by atoms with E-state index in [-0.39, 0.29) is 10.5 Å². The number of carbonyl (C=O) groups excluding carboxylic acids is 2. The van der Waals surface area contributed by atoms with Crippen molar-refractivity contribution < 1.29 is 32.1 Å². The summed E-state index contributed by atoms with van der Waals surface area (Å²) in [4.78, 5) is 35.7. The second-order valence-electron chi connectivity index (χ2n) is 5.54. The van der Waals surface area contributed by atoms with Gasteiger partial charge in [-0.15, -0.1) is 0 Å². The molecule has 0 bridgehead atoms. The number of rotatable bonds is 5. The highest BCUT2D eigenvalue weighted by Crippen LogP contribution is 2.42. The molecule has 9 nitrogen and oxygen atoms in total. The number of hydrogen-bond acceptors (Lipinski definition) is 7. The summed E-state index contributed by atoms with van der Waals surface area (Å²) in [7, 11) is -4.21. The SMILES string of the molecule is CC(=O)NC1C(=O)N2C=C(C(=O)O)C(OS(=O)(=O)c3ccccc3)S[C@H]12. The molecule has 1 aromatic rings. The van der Waals surface area contributed by atoms with Crippen LogP contribution < -0.4 is 5.32 Å². The lowest BCUT2D eigenvalue weighted by Crippen LogP contribution is -2.69. The maximum Gasteiger partial charge on any atom is 0.336 e. The fourth-order valence-electron chi connectivity index (χ4n) is 2.52. The molecular weight excluding hydrogens is 384 g/mol. The van der Waals surface area contributed by atoms with Gasteiger partial charge in [0, 0.05) is 13.1 Å². The molecule has 2 heterocycles. The van der Waals surface area contributed by atoms with Gasteiger partial charge in [-0.2, -0.15) is 8.42 Å². The Balaban J connectivity index is 1.87. The fourth-order valence-corrected chi connectivity index (χ4v) is 5.14. The van der Waals surface area contributed by atoms with Crippen LogP contribution in [0.25, 0.3) is 0 Å².